The smallest absolute Gasteiger partial charge is 0.251 e. The van der Waals surface area contributed by atoms with E-state index >= 15 is 0 Å². The number of aryl methyl sites for hydroxylation is 1. The normalized spacial score (nSPS) is 23.3. The van der Waals surface area contributed by atoms with Crippen molar-refractivity contribution in [3.8, 4) is 11.4 Å². The average molecular weight is 464 g/mol. The zero-order valence-electron chi connectivity index (χ0n) is 17.3. The largest absolute Gasteiger partial charge is 0.339 e. The third-order valence-corrected chi connectivity index (χ3v) is 7.43. The fourth-order valence-electron chi connectivity index (χ4n) is 4.16. The summed E-state index contributed by atoms with van der Waals surface area (Å²) in [5.74, 6) is -1.19. The molecule has 5 rings (SSSR count). The quantitative estimate of drug-likeness (QED) is 0.595. The molecule has 0 bridgehead atoms. The molecule has 0 radical (unpaired) electrons. The Morgan fingerprint density at radius 1 is 1.19 bits per heavy atom. The van der Waals surface area contributed by atoms with Crippen LogP contribution in [0.25, 0.3) is 11.4 Å². The summed E-state index contributed by atoms with van der Waals surface area (Å²) in [5, 5.41) is 11.5. The Hall–Kier alpha value is -2.73. The maximum atomic E-state index is 14.4. The minimum atomic E-state index is -4.00. The minimum absolute atomic E-state index is 0.0157. The summed E-state index contributed by atoms with van der Waals surface area (Å²) >= 11 is 0. The van der Waals surface area contributed by atoms with Crippen LogP contribution in [-0.2, 0) is 10.0 Å². The lowest BCUT2D eigenvalue weighted by Gasteiger charge is -2.35. The van der Waals surface area contributed by atoms with E-state index in [1.807, 2.05) is 0 Å². The van der Waals surface area contributed by atoms with E-state index in [1.54, 1.807) is 23.6 Å². The van der Waals surface area contributed by atoms with Gasteiger partial charge in [0.2, 0.25) is 21.7 Å². The Balaban J connectivity index is 1.32. The van der Waals surface area contributed by atoms with Gasteiger partial charge in [0.25, 0.3) is 5.92 Å². The summed E-state index contributed by atoms with van der Waals surface area (Å²) in [6.45, 7) is 1.68. The number of benzene rings is 1. The SMILES string of the molecule is Cc1nncn1C1CC(NS(=O)(=O)c2ccc(-c3noc(C4CC4)n3)cc2)CC(F)(F)C1. The van der Waals surface area contributed by atoms with E-state index in [9.17, 15) is 17.2 Å². The second-order valence-corrected chi connectivity index (χ2v) is 10.2. The molecule has 0 saturated heterocycles. The first kappa shape index (κ1) is 21.1. The van der Waals surface area contributed by atoms with Crippen molar-refractivity contribution < 1.29 is 21.7 Å². The van der Waals surface area contributed by atoms with Gasteiger partial charge in [-0.1, -0.05) is 5.16 Å². The third kappa shape index (κ3) is 4.29. The molecule has 12 heteroatoms. The topological polar surface area (TPSA) is 116 Å². The highest BCUT2D eigenvalue weighted by Gasteiger charge is 2.43. The molecule has 170 valence electrons. The van der Waals surface area contributed by atoms with E-state index in [2.05, 4.69) is 25.1 Å². The Morgan fingerprint density at radius 2 is 1.94 bits per heavy atom. The molecular formula is C20H22F2N6O3S. The van der Waals surface area contributed by atoms with Crippen molar-refractivity contribution in [3.05, 3.63) is 42.3 Å². The fourth-order valence-corrected chi connectivity index (χ4v) is 5.41. The van der Waals surface area contributed by atoms with Gasteiger partial charge >= 0.3 is 0 Å². The zero-order valence-corrected chi connectivity index (χ0v) is 18.1. The van der Waals surface area contributed by atoms with Crippen LogP contribution in [0, 0.1) is 6.92 Å². The van der Waals surface area contributed by atoms with Crippen molar-refractivity contribution in [3.63, 3.8) is 0 Å². The van der Waals surface area contributed by atoms with Gasteiger partial charge in [0.1, 0.15) is 12.2 Å². The van der Waals surface area contributed by atoms with Crippen molar-refractivity contribution >= 4 is 10.0 Å². The second kappa shape index (κ2) is 7.69. The summed E-state index contributed by atoms with van der Waals surface area (Å²) < 4.78 is 63.8. The second-order valence-electron chi connectivity index (χ2n) is 8.51. The molecule has 1 N–H and O–H groups in total. The highest BCUT2D eigenvalue weighted by atomic mass is 32.2. The standard InChI is InChI=1S/C20H22F2N6O3S/c1-12-25-23-11-28(12)16-8-15(9-20(21,22)10-16)27-32(29,30)17-6-4-13(5-7-17)18-24-19(31-26-18)14-2-3-14/h4-7,11,14-16,27H,2-3,8-10H2,1H3. The van der Waals surface area contributed by atoms with E-state index in [-0.39, 0.29) is 17.7 Å². The average Bonchev–Trinajstić information content (AvgIpc) is 3.29. The summed E-state index contributed by atoms with van der Waals surface area (Å²) in [5.41, 5.74) is 0.618. The van der Waals surface area contributed by atoms with E-state index in [4.69, 9.17) is 4.52 Å². The Morgan fingerprint density at radius 3 is 2.59 bits per heavy atom. The van der Waals surface area contributed by atoms with Crippen LogP contribution in [0.5, 0.6) is 0 Å². The lowest BCUT2D eigenvalue weighted by molar-refractivity contribution is -0.0579. The Bertz CT molecular complexity index is 1220. The van der Waals surface area contributed by atoms with E-state index in [0.717, 1.165) is 12.8 Å². The number of halogens is 2. The Kier molecular flexibility index (Phi) is 5.08. The monoisotopic (exact) mass is 464 g/mol. The van der Waals surface area contributed by atoms with Crippen LogP contribution >= 0.6 is 0 Å². The van der Waals surface area contributed by atoms with Gasteiger partial charge in [-0.3, -0.25) is 0 Å². The maximum absolute atomic E-state index is 14.4. The molecule has 2 heterocycles. The van der Waals surface area contributed by atoms with Crippen LogP contribution in [0.4, 0.5) is 8.78 Å². The number of rotatable bonds is 6. The first-order valence-electron chi connectivity index (χ1n) is 10.4. The molecule has 0 amide bonds. The van der Waals surface area contributed by atoms with Gasteiger partial charge in [-0.05, 0) is 50.5 Å². The molecule has 2 aliphatic rings. The zero-order chi connectivity index (χ0) is 22.5. The van der Waals surface area contributed by atoms with Crippen LogP contribution in [0.15, 0.2) is 40.0 Å². The minimum Gasteiger partial charge on any atom is -0.339 e. The van der Waals surface area contributed by atoms with E-state index < -0.39 is 34.5 Å². The molecule has 2 aliphatic carbocycles. The van der Waals surface area contributed by atoms with Crippen LogP contribution in [-0.4, -0.2) is 45.3 Å². The molecule has 2 unspecified atom stereocenters. The highest BCUT2D eigenvalue weighted by Crippen LogP contribution is 2.41. The molecule has 9 nitrogen and oxygen atoms in total. The number of alkyl halides is 2. The molecule has 2 saturated carbocycles. The molecule has 0 spiro atoms. The maximum Gasteiger partial charge on any atom is 0.251 e. The van der Waals surface area contributed by atoms with Crippen LogP contribution < -0.4 is 4.72 Å². The number of sulfonamides is 1. The van der Waals surface area contributed by atoms with Gasteiger partial charge in [-0.15, -0.1) is 10.2 Å². The van der Waals surface area contributed by atoms with Crippen molar-refractivity contribution in [2.45, 2.75) is 67.8 Å². The van der Waals surface area contributed by atoms with E-state index in [1.165, 1.54) is 18.5 Å². The van der Waals surface area contributed by atoms with Crippen molar-refractivity contribution in [2.75, 3.05) is 0 Å². The van der Waals surface area contributed by atoms with Gasteiger partial charge in [-0.25, -0.2) is 21.9 Å². The summed E-state index contributed by atoms with van der Waals surface area (Å²) in [6, 6.07) is 4.46. The molecule has 2 atom stereocenters. The third-order valence-electron chi connectivity index (χ3n) is 5.89. The fraction of sp³-hybridized carbons (Fsp3) is 0.500. The number of nitrogens with one attached hydrogen (secondary N) is 1. The van der Waals surface area contributed by atoms with Crippen molar-refractivity contribution in [2.24, 2.45) is 0 Å². The first-order valence-corrected chi connectivity index (χ1v) is 11.9. The number of nitrogens with zero attached hydrogens (tertiary/aromatic N) is 5. The summed E-state index contributed by atoms with van der Waals surface area (Å²) in [6.07, 6.45) is 2.74. The predicted octanol–water partition coefficient (Wildman–Crippen LogP) is 3.22. The van der Waals surface area contributed by atoms with Crippen LogP contribution in [0.2, 0.25) is 0 Å². The highest BCUT2D eigenvalue weighted by molar-refractivity contribution is 7.89. The first-order chi connectivity index (χ1) is 15.2. The van der Waals surface area contributed by atoms with Crippen LogP contribution in [0.3, 0.4) is 0 Å². The van der Waals surface area contributed by atoms with Gasteiger partial charge in [0.15, 0.2) is 0 Å². The summed E-state index contributed by atoms with van der Waals surface area (Å²) in [7, 11) is -4.00. The van der Waals surface area contributed by atoms with Crippen LogP contribution in [0.1, 0.15) is 55.8 Å². The number of hydrogen-bond acceptors (Lipinski definition) is 7. The number of hydrogen-bond donors (Lipinski definition) is 1. The van der Waals surface area contributed by atoms with Gasteiger partial charge in [0.05, 0.1) is 4.90 Å². The molecule has 32 heavy (non-hydrogen) atoms. The molecule has 3 aromatic rings. The van der Waals surface area contributed by atoms with Crippen molar-refractivity contribution in [1.29, 1.82) is 0 Å². The molecule has 2 fully saturated rings. The van der Waals surface area contributed by atoms with Crippen molar-refractivity contribution in [1.82, 2.24) is 29.6 Å². The summed E-state index contributed by atoms with van der Waals surface area (Å²) in [4.78, 5) is 4.33. The lowest BCUT2D eigenvalue weighted by atomic mass is 9.88. The predicted molar refractivity (Wildman–Crippen MR) is 108 cm³/mol. The molecular weight excluding hydrogens is 442 g/mol. The molecule has 2 aromatic heterocycles. The van der Waals surface area contributed by atoms with E-state index in [0.29, 0.717) is 29.0 Å². The van der Waals surface area contributed by atoms with Gasteiger partial charge < -0.3 is 9.09 Å². The van der Waals surface area contributed by atoms with Gasteiger partial charge in [-0.2, -0.15) is 4.98 Å². The Labute approximate surface area is 183 Å². The lowest BCUT2D eigenvalue weighted by Crippen LogP contribution is -2.45. The molecule has 0 aliphatic heterocycles. The number of aromatic nitrogens is 5. The van der Waals surface area contributed by atoms with Gasteiger partial charge in [0, 0.05) is 36.4 Å². The molecule has 1 aromatic carbocycles.